The lowest BCUT2D eigenvalue weighted by atomic mass is 10.1. The molecule has 0 unspecified atom stereocenters. The zero-order valence-electron chi connectivity index (χ0n) is 11.5. The molecule has 1 N–H and O–H groups in total. The van der Waals surface area contributed by atoms with E-state index in [-0.39, 0.29) is 16.7 Å². The molecular weight excluding hydrogens is 248 g/mol. The minimum Gasteiger partial charge on any atom is -0.391 e. The molecule has 1 fully saturated rings. The van der Waals surface area contributed by atoms with Gasteiger partial charge in [0.15, 0.2) is 0 Å². The van der Waals surface area contributed by atoms with E-state index in [2.05, 4.69) is 5.10 Å². The van der Waals surface area contributed by atoms with Gasteiger partial charge in [0, 0.05) is 19.1 Å². The third-order valence-electron chi connectivity index (χ3n) is 3.40. The van der Waals surface area contributed by atoms with Crippen molar-refractivity contribution in [2.24, 2.45) is 0 Å². The third-order valence-corrected chi connectivity index (χ3v) is 3.40. The molecule has 106 valence electrons. The number of aromatic nitrogens is 2. The molecule has 1 saturated heterocycles. The summed E-state index contributed by atoms with van der Waals surface area (Å²) in [6, 6.07) is 0.0430. The molecule has 0 bridgehead atoms. The number of aliphatic hydroxyl groups is 1. The summed E-state index contributed by atoms with van der Waals surface area (Å²) in [5.41, 5.74) is 0.483. The van der Waals surface area contributed by atoms with Gasteiger partial charge < -0.3 is 10.0 Å². The predicted octanol–water partition coefficient (Wildman–Crippen LogP) is 1.64. The first-order valence-corrected chi connectivity index (χ1v) is 6.58. The highest BCUT2D eigenvalue weighted by molar-refractivity contribution is 5.62. The van der Waals surface area contributed by atoms with Gasteiger partial charge in [-0.15, -0.1) is 0 Å². The van der Waals surface area contributed by atoms with Crippen LogP contribution in [0.4, 0.5) is 11.5 Å². The number of nitro groups is 1. The second-order valence-electron chi connectivity index (χ2n) is 5.30. The fraction of sp³-hybridized carbons (Fsp3) is 0.750. The summed E-state index contributed by atoms with van der Waals surface area (Å²) in [6.07, 6.45) is 1.16. The van der Waals surface area contributed by atoms with Crippen LogP contribution in [0.5, 0.6) is 0 Å². The number of hydrogen-bond acceptors (Lipinski definition) is 5. The van der Waals surface area contributed by atoms with Gasteiger partial charge in [0.05, 0.1) is 11.0 Å². The fourth-order valence-corrected chi connectivity index (χ4v) is 2.54. The summed E-state index contributed by atoms with van der Waals surface area (Å²) in [4.78, 5) is 12.8. The molecule has 0 aromatic carbocycles. The number of aliphatic hydroxyl groups excluding tert-OH is 1. The average Bonchev–Trinajstić information content (AvgIpc) is 2.67. The number of hydrogen-bond donors (Lipinski definition) is 1. The minimum absolute atomic E-state index is 0.0430. The van der Waals surface area contributed by atoms with E-state index >= 15 is 0 Å². The van der Waals surface area contributed by atoms with E-state index < -0.39 is 6.10 Å². The normalized spacial score (nSPS) is 20.1. The Morgan fingerprint density at radius 2 is 2.21 bits per heavy atom. The lowest BCUT2D eigenvalue weighted by Crippen LogP contribution is -2.39. The van der Waals surface area contributed by atoms with E-state index in [0.29, 0.717) is 18.1 Å². The van der Waals surface area contributed by atoms with E-state index in [1.807, 2.05) is 18.7 Å². The Kier molecular flexibility index (Phi) is 3.75. The molecule has 1 aromatic rings. The summed E-state index contributed by atoms with van der Waals surface area (Å²) in [5, 5.41) is 25.3. The summed E-state index contributed by atoms with van der Waals surface area (Å²) >= 11 is 0. The van der Waals surface area contributed by atoms with Gasteiger partial charge in [-0.3, -0.25) is 10.1 Å². The molecule has 1 aromatic heterocycles. The van der Waals surface area contributed by atoms with Crippen molar-refractivity contribution in [1.29, 1.82) is 0 Å². The second kappa shape index (κ2) is 5.16. The van der Waals surface area contributed by atoms with Crippen LogP contribution in [-0.2, 0) is 0 Å². The van der Waals surface area contributed by atoms with Crippen LogP contribution < -0.4 is 4.90 Å². The van der Waals surface area contributed by atoms with Crippen molar-refractivity contribution < 1.29 is 10.0 Å². The summed E-state index contributed by atoms with van der Waals surface area (Å²) in [7, 11) is 0. The van der Waals surface area contributed by atoms with E-state index in [4.69, 9.17) is 0 Å². The molecule has 2 rings (SSSR count). The van der Waals surface area contributed by atoms with Crippen molar-refractivity contribution in [2.75, 3.05) is 18.0 Å². The molecule has 1 aliphatic rings. The Balaban J connectivity index is 2.49. The Labute approximate surface area is 112 Å². The third kappa shape index (κ3) is 2.56. The van der Waals surface area contributed by atoms with Crippen LogP contribution in [0.15, 0.2) is 0 Å². The molecular formula is C12H20N4O3. The zero-order chi connectivity index (χ0) is 14.2. The van der Waals surface area contributed by atoms with Crippen LogP contribution in [0.2, 0.25) is 0 Å². The highest BCUT2D eigenvalue weighted by atomic mass is 16.6. The van der Waals surface area contributed by atoms with Crippen molar-refractivity contribution in [1.82, 2.24) is 9.78 Å². The average molecular weight is 268 g/mol. The maximum atomic E-state index is 11.3. The first-order valence-electron chi connectivity index (χ1n) is 6.58. The van der Waals surface area contributed by atoms with E-state index in [1.54, 1.807) is 11.6 Å². The molecule has 0 spiro atoms. The summed E-state index contributed by atoms with van der Waals surface area (Å²) in [6.45, 7) is 6.69. The molecule has 1 atom stereocenters. The van der Waals surface area contributed by atoms with Crippen molar-refractivity contribution in [3.8, 4) is 0 Å². The van der Waals surface area contributed by atoms with E-state index in [0.717, 1.165) is 19.4 Å². The first kappa shape index (κ1) is 13.8. The van der Waals surface area contributed by atoms with Gasteiger partial charge in [-0.2, -0.15) is 5.10 Å². The second-order valence-corrected chi connectivity index (χ2v) is 5.30. The molecule has 2 heterocycles. The van der Waals surface area contributed by atoms with Gasteiger partial charge in [0.2, 0.25) is 5.82 Å². The summed E-state index contributed by atoms with van der Waals surface area (Å²) < 4.78 is 1.69. The molecule has 19 heavy (non-hydrogen) atoms. The molecule has 0 aliphatic carbocycles. The standard InChI is InChI=1S/C12H20N4O3/c1-8(2)15-12(11(16(18)19)9(3)13-15)14-6-4-5-10(17)7-14/h8,10,17H,4-7H2,1-3H3/t10-/m0/s1. The van der Waals surface area contributed by atoms with Crippen LogP contribution >= 0.6 is 0 Å². The highest BCUT2D eigenvalue weighted by Crippen LogP contribution is 2.35. The fourth-order valence-electron chi connectivity index (χ4n) is 2.54. The Morgan fingerprint density at radius 1 is 1.53 bits per heavy atom. The number of aryl methyl sites for hydroxylation is 1. The smallest absolute Gasteiger partial charge is 0.333 e. The van der Waals surface area contributed by atoms with Crippen LogP contribution in [0.25, 0.3) is 0 Å². The molecule has 1 aliphatic heterocycles. The molecule has 0 saturated carbocycles. The summed E-state index contributed by atoms with van der Waals surface area (Å²) in [5.74, 6) is 0.524. The lowest BCUT2D eigenvalue weighted by Gasteiger charge is -2.31. The molecule has 7 heteroatoms. The molecule has 0 amide bonds. The van der Waals surface area contributed by atoms with Crippen LogP contribution in [0.1, 0.15) is 38.4 Å². The number of piperidine rings is 1. The van der Waals surface area contributed by atoms with Crippen molar-refractivity contribution in [3.63, 3.8) is 0 Å². The van der Waals surface area contributed by atoms with Gasteiger partial charge in [-0.05, 0) is 33.6 Å². The number of anilines is 1. The topological polar surface area (TPSA) is 84.4 Å². The largest absolute Gasteiger partial charge is 0.391 e. The Bertz CT molecular complexity index is 484. The van der Waals surface area contributed by atoms with E-state index in [9.17, 15) is 15.2 Å². The monoisotopic (exact) mass is 268 g/mol. The Morgan fingerprint density at radius 3 is 2.74 bits per heavy atom. The van der Waals surface area contributed by atoms with Crippen LogP contribution in [-0.4, -0.2) is 39.0 Å². The van der Waals surface area contributed by atoms with Gasteiger partial charge in [-0.1, -0.05) is 0 Å². The zero-order valence-corrected chi connectivity index (χ0v) is 11.5. The van der Waals surface area contributed by atoms with Gasteiger partial charge in [0.25, 0.3) is 0 Å². The van der Waals surface area contributed by atoms with E-state index in [1.165, 1.54) is 0 Å². The minimum atomic E-state index is -0.427. The maximum Gasteiger partial charge on any atom is 0.333 e. The van der Waals surface area contributed by atoms with Gasteiger partial charge in [-0.25, -0.2) is 4.68 Å². The number of nitrogens with zero attached hydrogens (tertiary/aromatic N) is 4. The van der Waals surface area contributed by atoms with Gasteiger partial charge >= 0.3 is 5.69 Å². The molecule has 7 nitrogen and oxygen atoms in total. The van der Waals surface area contributed by atoms with Crippen LogP contribution in [0.3, 0.4) is 0 Å². The number of β-amino-alcohol motifs (C(OH)–C–C–N with tert-alkyl or cyclic N) is 1. The highest BCUT2D eigenvalue weighted by Gasteiger charge is 2.32. The maximum absolute atomic E-state index is 11.3. The molecule has 0 radical (unpaired) electrons. The van der Waals surface area contributed by atoms with Crippen molar-refractivity contribution >= 4 is 11.5 Å². The quantitative estimate of drug-likeness (QED) is 0.665. The Hall–Kier alpha value is -1.63. The van der Waals surface area contributed by atoms with Crippen molar-refractivity contribution in [2.45, 2.75) is 45.8 Å². The predicted molar refractivity (Wildman–Crippen MR) is 71.5 cm³/mol. The van der Waals surface area contributed by atoms with Crippen molar-refractivity contribution in [3.05, 3.63) is 15.8 Å². The SMILES string of the molecule is Cc1nn(C(C)C)c(N2CCC[C@H](O)C2)c1[N+](=O)[O-]. The van der Waals surface area contributed by atoms with Crippen LogP contribution in [0, 0.1) is 17.0 Å². The lowest BCUT2D eigenvalue weighted by molar-refractivity contribution is -0.384. The number of rotatable bonds is 3. The van der Waals surface area contributed by atoms with Gasteiger partial charge in [0.1, 0.15) is 5.69 Å². The first-order chi connectivity index (χ1) is 8.91.